The first-order chi connectivity index (χ1) is 17.6. The van der Waals surface area contributed by atoms with Crippen molar-refractivity contribution in [3.8, 4) is 11.1 Å². The number of hydrogen-bond donors (Lipinski definition) is 0. The number of fused-ring (bicyclic) bond motifs is 6. The Morgan fingerprint density at radius 1 is 0.500 bits per heavy atom. The minimum absolute atomic E-state index is 0.939. The summed E-state index contributed by atoms with van der Waals surface area (Å²) in [5.74, 6) is 0. The standard InChI is InChI=1S/C32H19Br2NO/c33-22-6-10-24(11-7-22)35(25-12-8-23(34)9-13-25)26-17-20-3-1-2-4-27(20)29(19-26)21-5-14-28-30(18-21)32-16-15-31(28)36-32/h1-19H. The summed E-state index contributed by atoms with van der Waals surface area (Å²) in [5.41, 5.74) is 7.56. The third-order valence-electron chi connectivity index (χ3n) is 6.74. The van der Waals surface area contributed by atoms with Gasteiger partial charge in [-0.05, 0) is 107 Å². The van der Waals surface area contributed by atoms with Crippen LogP contribution in [0.15, 0.2) is 129 Å². The third-order valence-corrected chi connectivity index (χ3v) is 7.80. The highest BCUT2D eigenvalue weighted by molar-refractivity contribution is 9.10. The van der Waals surface area contributed by atoms with Gasteiger partial charge in [0.25, 0.3) is 0 Å². The van der Waals surface area contributed by atoms with Crippen LogP contribution in [0.25, 0.3) is 43.8 Å². The molecule has 2 aromatic heterocycles. The fourth-order valence-corrected chi connectivity index (χ4v) is 5.58. The number of anilines is 3. The predicted octanol–water partition coefficient (Wildman–Crippen LogP) is 10.8. The Morgan fingerprint density at radius 3 is 1.83 bits per heavy atom. The first-order valence-electron chi connectivity index (χ1n) is 11.7. The average Bonchev–Trinajstić information content (AvgIpc) is 3.53. The van der Waals surface area contributed by atoms with Crippen LogP contribution >= 0.6 is 31.9 Å². The van der Waals surface area contributed by atoms with Gasteiger partial charge in [0.2, 0.25) is 0 Å². The smallest absolute Gasteiger partial charge is 0.135 e. The van der Waals surface area contributed by atoms with E-state index in [-0.39, 0.29) is 0 Å². The molecule has 0 amide bonds. The largest absolute Gasteiger partial charge is 0.456 e. The Balaban J connectivity index is 1.48. The lowest BCUT2D eigenvalue weighted by Crippen LogP contribution is -2.10. The molecule has 7 aromatic rings. The van der Waals surface area contributed by atoms with E-state index < -0.39 is 0 Å². The molecule has 2 bridgehead atoms. The zero-order chi connectivity index (χ0) is 24.2. The van der Waals surface area contributed by atoms with E-state index in [1.807, 2.05) is 6.07 Å². The van der Waals surface area contributed by atoms with Crippen molar-refractivity contribution in [1.82, 2.24) is 0 Å². The maximum atomic E-state index is 5.92. The number of furan rings is 2. The normalized spacial score (nSPS) is 11.6. The Kier molecular flexibility index (Phi) is 5.12. The van der Waals surface area contributed by atoms with Gasteiger partial charge < -0.3 is 9.32 Å². The minimum atomic E-state index is 0.939. The van der Waals surface area contributed by atoms with Crippen LogP contribution in [0.5, 0.6) is 0 Å². The third kappa shape index (κ3) is 3.60. The summed E-state index contributed by atoms with van der Waals surface area (Å²) >= 11 is 7.17. The molecule has 7 rings (SSSR count). The molecule has 0 aliphatic heterocycles. The summed E-state index contributed by atoms with van der Waals surface area (Å²) in [7, 11) is 0. The second-order valence-electron chi connectivity index (χ2n) is 8.93. The molecule has 0 radical (unpaired) electrons. The van der Waals surface area contributed by atoms with Crippen LogP contribution in [0.3, 0.4) is 0 Å². The molecule has 0 unspecified atom stereocenters. The number of hydrogen-bond acceptors (Lipinski definition) is 2. The van der Waals surface area contributed by atoms with Gasteiger partial charge in [-0.3, -0.25) is 0 Å². The molecule has 2 heterocycles. The Bertz CT molecular complexity index is 1810. The molecule has 0 saturated heterocycles. The maximum Gasteiger partial charge on any atom is 0.135 e. The van der Waals surface area contributed by atoms with Crippen molar-refractivity contribution in [2.24, 2.45) is 0 Å². The Labute approximate surface area is 225 Å². The zero-order valence-electron chi connectivity index (χ0n) is 19.1. The molecule has 0 spiro atoms. The summed E-state index contributed by atoms with van der Waals surface area (Å²) in [6.45, 7) is 0. The van der Waals surface area contributed by atoms with E-state index in [1.54, 1.807) is 0 Å². The monoisotopic (exact) mass is 591 g/mol. The topological polar surface area (TPSA) is 16.4 Å². The number of halogens is 2. The van der Waals surface area contributed by atoms with Crippen LogP contribution in [0, 0.1) is 0 Å². The van der Waals surface area contributed by atoms with Crippen LogP contribution in [0.2, 0.25) is 0 Å². The van der Waals surface area contributed by atoms with E-state index in [9.17, 15) is 0 Å². The van der Waals surface area contributed by atoms with Crippen LogP contribution < -0.4 is 4.90 Å². The molecule has 0 aliphatic carbocycles. The molecule has 0 saturated carbocycles. The van der Waals surface area contributed by atoms with Crippen molar-refractivity contribution in [3.05, 3.63) is 124 Å². The predicted molar refractivity (Wildman–Crippen MR) is 158 cm³/mol. The van der Waals surface area contributed by atoms with E-state index in [0.717, 1.165) is 42.6 Å². The molecular formula is C32H19Br2NO. The first-order valence-corrected chi connectivity index (χ1v) is 13.3. The Morgan fingerprint density at radius 2 is 1.14 bits per heavy atom. The van der Waals surface area contributed by atoms with E-state index in [2.05, 4.69) is 146 Å². The van der Waals surface area contributed by atoms with Gasteiger partial charge in [0.1, 0.15) is 11.2 Å². The van der Waals surface area contributed by atoms with Crippen LogP contribution in [-0.2, 0) is 0 Å². The van der Waals surface area contributed by atoms with Crippen molar-refractivity contribution < 1.29 is 4.42 Å². The lowest BCUT2D eigenvalue weighted by molar-refractivity contribution is 0.679. The van der Waals surface area contributed by atoms with E-state index >= 15 is 0 Å². The summed E-state index contributed by atoms with van der Waals surface area (Å²) in [5, 5.41) is 4.76. The molecule has 0 N–H and O–H groups in total. The highest BCUT2D eigenvalue weighted by Gasteiger charge is 2.17. The summed E-state index contributed by atoms with van der Waals surface area (Å²) in [6.07, 6.45) is 0. The summed E-state index contributed by atoms with van der Waals surface area (Å²) in [6, 6.07) is 40.8. The molecule has 4 heteroatoms. The van der Waals surface area contributed by atoms with Gasteiger partial charge in [-0.2, -0.15) is 0 Å². The fourth-order valence-electron chi connectivity index (χ4n) is 5.05. The average molecular weight is 593 g/mol. The Hall–Kier alpha value is -3.60. The van der Waals surface area contributed by atoms with E-state index in [0.29, 0.717) is 0 Å². The summed E-state index contributed by atoms with van der Waals surface area (Å²) in [4.78, 5) is 2.31. The molecule has 0 aliphatic rings. The van der Waals surface area contributed by atoms with Crippen molar-refractivity contribution in [2.75, 3.05) is 4.90 Å². The quantitative estimate of drug-likeness (QED) is 0.202. The molecule has 0 atom stereocenters. The lowest BCUT2D eigenvalue weighted by Gasteiger charge is -2.27. The van der Waals surface area contributed by atoms with Crippen molar-refractivity contribution in [1.29, 1.82) is 0 Å². The van der Waals surface area contributed by atoms with Crippen molar-refractivity contribution in [3.63, 3.8) is 0 Å². The van der Waals surface area contributed by atoms with Gasteiger partial charge in [-0.1, -0.05) is 62.2 Å². The maximum absolute atomic E-state index is 5.92. The van der Waals surface area contributed by atoms with Gasteiger partial charge in [-0.25, -0.2) is 0 Å². The van der Waals surface area contributed by atoms with Gasteiger partial charge >= 0.3 is 0 Å². The molecule has 172 valence electrons. The fraction of sp³-hybridized carbons (Fsp3) is 0. The van der Waals surface area contributed by atoms with Gasteiger partial charge in [0, 0.05) is 36.8 Å². The molecular weight excluding hydrogens is 574 g/mol. The minimum Gasteiger partial charge on any atom is -0.456 e. The lowest BCUT2D eigenvalue weighted by atomic mass is 9.95. The van der Waals surface area contributed by atoms with Gasteiger partial charge in [0.15, 0.2) is 0 Å². The zero-order valence-corrected chi connectivity index (χ0v) is 22.3. The summed E-state index contributed by atoms with van der Waals surface area (Å²) < 4.78 is 8.04. The SMILES string of the molecule is Brc1ccc(N(c2ccc(Br)cc2)c2cc(-c3ccc4c5ccc(o5)c4c3)c3ccccc3c2)cc1. The van der Waals surface area contributed by atoms with E-state index in [1.165, 1.54) is 27.3 Å². The molecule has 0 fully saturated rings. The van der Waals surface area contributed by atoms with Crippen molar-refractivity contribution in [2.45, 2.75) is 0 Å². The van der Waals surface area contributed by atoms with E-state index in [4.69, 9.17) is 4.42 Å². The van der Waals surface area contributed by atoms with Crippen molar-refractivity contribution >= 4 is 81.6 Å². The molecule has 5 aromatic carbocycles. The second-order valence-corrected chi connectivity index (χ2v) is 10.8. The van der Waals surface area contributed by atoms with Crippen LogP contribution in [0.4, 0.5) is 17.1 Å². The van der Waals surface area contributed by atoms with Crippen LogP contribution in [0.1, 0.15) is 0 Å². The highest BCUT2D eigenvalue weighted by Crippen LogP contribution is 2.42. The molecule has 2 nitrogen and oxygen atoms in total. The second kappa shape index (κ2) is 8.51. The number of benzene rings is 6. The first kappa shape index (κ1) is 21.7. The number of nitrogens with zero attached hydrogens (tertiary/aromatic N) is 1. The highest BCUT2D eigenvalue weighted by atomic mass is 79.9. The number of rotatable bonds is 4. The van der Waals surface area contributed by atoms with Gasteiger partial charge in [0.05, 0.1) is 0 Å². The van der Waals surface area contributed by atoms with Gasteiger partial charge in [-0.15, -0.1) is 0 Å². The van der Waals surface area contributed by atoms with Crippen LogP contribution in [-0.4, -0.2) is 0 Å². The molecule has 36 heavy (non-hydrogen) atoms.